The van der Waals surface area contributed by atoms with Gasteiger partial charge >= 0.3 is 164 Å². The zero-order valence-corrected chi connectivity index (χ0v) is 31.7. The van der Waals surface area contributed by atoms with Crippen LogP contribution in [-0.2, 0) is 13.5 Å². The average molecular weight is 757 g/mol. The van der Waals surface area contributed by atoms with E-state index in [0.29, 0.717) is 0 Å². The molecular formula is C39H54Cl2P2Ru+2. The van der Waals surface area contributed by atoms with Gasteiger partial charge in [-0.15, -0.1) is 0 Å². The van der Waals surface area contributed by atoms with Crippen molar-refractivity contribution in [3.63, 3.8) is 0 Å². The molecule has 3 aromatic carbocycles. The second kappa shape index (κ2) is 18.8. The Labute approximate surface area is 283 Å². The van der Waals surface area contributed by atoms with Crippen LogP contribution in [0.1, 0.15) is 103 Å². The molecule has 0 amide bonds. The molecule has 3 fully saturated rings. The molecular weight excluding hydrogens is 702 g/mol. The van der Waals surface area contributed by atoms with Gasteiger partial charge in [0.1, 0.15) is 0 Å². The Kier molecular flexibility index (Phi) is 14.9. The first-order valence-corrected chi connectivity index (χ1v) is 26.6. The van der Waals surface area contributed by atoms with Gasteiger partial charge in [-0.25, -0.2) is 0 Å². The van der Waals surface area contributed by atoms with Gasteiger partial charge in [-0.2, -0.15) is 0 Å². The van der Waals surface area contributed by atoms with Crippen LogP contribution in [0.15, 0.2) is 91.0 Å². The second-order valence-corrected chi connectivity index (χ2v) is 26.2. The summed E-state index contributed by atoms with van der Waals surface area (Å²) in [6, 6.07) is 32.7. The molecule has 0 bridgehead atoms. The van der Waals surface area contributed by atoms with Crippen molar-refractivity contribution in [1.29, 1.82) is 0 Å². The number of halogens is 2. The molecule has 0 N–H and O–H groups in total. The summed E-state index contributed by atoms with van der Waals surface area (Å²) < 4.78 is 2.14. The molecule has 0 radical (unpaired) electrons. The van der Waals surface area contributed by atoms with Crippen molar-refractivity contribution in [3.05, 3.63) is 91.0 Å². The van der Waals surface area contributed by atoms with E-state index in [9.17, 15) is 0 Å². The number of benzene rings is 3. The van der Waals surface area contributed by atoms with Crippen LogP contribution in [-0.4, -0.2) is 27.7 Å². The third-order valence-corrected chi connectivity index (χ3v) is 21.9. The molecule has 0 atom stereocenters. The quantitative estimate of drug-likeness (QED) is 0.151. The van der Waals surface area contributed by atoms with E-state index in [0.717, 1.165) is 12.6 Å². The van der Waals surface area contributed by atoms with E-state index in [4.69, 9.17) is 19.4 Å². The summed E-state index contributed by atoms with van der Waals surface area (Å²) in [6.45, 7) is 0. The number of hydrogen-bond acceptors (Lipinski definition) is 0. The molecule has 3 saturated carbocycles. The molecule has 0 nitrogen and oxygen atoms in total. The summed E-state index contributed by atoms with van der Waals surface area (Å²) in [4.78, 5) is 0. The van der Waals surface area contributed by atoms with E-state index >= 15 is 0 Å². The molecule has 240 valence electrons. The van der Waals surface area contributed by atoms with Gasteiger partial charge in [0.25, 0.3) is 0 Å². The van der Waals surface area contributed by atoms with Crippen LogP contribution >= 0.6 is 34.6 Å². The van der Waals surface area contributed by atoms with Gasteiger partial charge in [0.2, 0.25) is 0 Å². The van der Waals surface area contributed by atoms with E-state index in [1.54, 1.807) is 96.3 Å². The van der Waals surface area contributed by atoms with E-state index in [1.165, 1.54) is 32.9 Å². The molecule has 0 heterocycles. The monoisotopic (exact) mass is 756 g/mol. The SMILES string of the molecule is C1CCC([PH+](C2CCCCC2)C2CCCCC2)CC1.[Cl][Ru]([Cl])=[CH]CC[P+](c1ccccc1)(c1ccccc1)c1ccccc1. The van der Waals surface area contributed by atoms with E-state index in [2.05, 4.69) is 95.6 Å². The van der Waals surface area contributed by atoms with Crippen molar-refractivity contribution in [1.82, 2.24) is 0 Å². The van der Waals surface area contributed by atoms with Crippen molar-refractivity contribution in [3.8, 4) is 0 Å². The first-order chi connectivity index (χ1) is 21.7. The Morgan fingerprint density at radius 1 is 0.523 bits per heavy atom. The molecule has 0 spiro atoms. The summed E-state index contributed by atoms with van der Waals surface area (Å²) in [6.07, 6.45) is 25.8. The molecule has 44 heavy (non-hydrogen) atoms. The molecule has 0 aromatic heterocycles. The van der Waals surface area contributed by atoms with Gasteiger partial charge < -0.3 is 0 Å². The first-order valence-electron chi connectivity index (χ1n) is 17.4. The van der Waals surface area contributed by atoms with Gasteiger partial charge in [0.05, 0.1) is 17.0 Å². The zero-order valence-electron chi connectivity index (χ0n) is 26.5. The van der Waals surface area contributed by atoms with Gasteiger partial charge in [0, 0.05) is 7.92 Å². The zero-order chi connectivity index (χ0) is 30.5. The topological polar surface area (TPSA) is 0 Å². The van der Waals surface area contributed by atoms with E-state index < -0.39 is 20.8 Å². The summed E-state index contributed by atoms with van der Waals surface area (Å²) in [5.41, 5.74) is 3.68. The van der Waals surface area contributed by atoms with Crippen molar-refractivity contribution < 1.29 is 13.5 Å². The average Bonchev–Trinajstić information content (AvgIpc) is 3.10. The maximum atomic E-state index is 6.11. The molecule has 6 rings (SSSR count). The van der Waals surface area contributed by atoms with Crippen LogP contribution in [0.25, 0.3) is 0 Å². The molecule has 5 heteroatoms. The maximum absolute atomic E-state index is 6.11. The van der Waals surface area contributed by atoms with Crippen molar-refractivity contribution in [2.75, 3.05) is 6.16 Å². The summed E-state index contributed by atoms with van der Waals surface area (Å²) in [5.74, 6) is 0. The van der Waals surface area contributed by atoms with E-state index in [1.807, 2.05) is 0 Å². The van der Waals surface area contributed by atoms with Crippen LogP contribution in [0.4, 0.5) is 0 Å². The molecule has 0 aliphatic heterocycles. The third-order valence-electron chi connectivity index (χ3n) is 10.5. The van der Waals surface area contributed by atoms with Gasteiger partial charge in [-0.05, 0) is 77.0 Å². The van der Waals surface area contributed by atoms with Crippen LogP contribution in [0, 0.1) is 0 Å². The van der Waals surface area contributed by atoms with E-state index in [-0.39, 0.29) is 7.92 Å². The fraction of sp³-hybridized carbons (Fsp3) is 0.513. The first kappa shape index (κ1) is 34.9. The fourth-order valence-electron chi connectivity index (χ4n) is 8.51. The van der Waals surface area contributed by atoms with Gasteiger partial charge in [-0.3, -0.25) is 0 Å². The molecule has 3 aliphatic carbocycles. The minimum atomic E-state index is -1.75. The fourth-order valence-corrected chi connectivity index (χ4v) is 19.9. The Bertz CT molecular complexity index is 1090. The molecule has 0 saturated heterocycles. The van der Waals surface area contributed by atoms with Crippen LogP contribution in [0.3, 0.4) is 0 Å². The predicted octanol–water partition coefficient (Wildman–Crippen LogP) is 11.3. The van der Waals surface area contributed by atoms with Crippen molar-refractivity contribution >= 4 is 55.1 Å². The predicted molar refractivity (Wildman–Crippen MR) is 201 cm³/mol. The minimum absolute atomic E-state index is 0.0465. The number of rotatable bonds is 9. The van der Waals surface area contributed by atoms with Crippen LogP contribution in [0.5, 0.6) is 0 Å². The van der Waals surface area contributed by atoms with Crippen molar-refractivity contribution in [2.45, 2.75) is 120 Å². The third kappa shape index (κ3) is 9.58. The summed E-state index contributed by atoms with van der Waals surface area (Å²) >= 11 is -1.75. The molecule has 0 unspecified atom stereocenters. The van der Waals surface area contributed by atoms with Crippen LogP contribution < -0.4 is 15.9 Å². The van der Waals surface area contributed by atoms with Gasteiger partial charge in [0.15, 0.2) is 0 Å². The standard InChI is InChI=1S/C21H20P.C18H33P.2ClH.Ru/c1-2-18-22(19-12-6-3-7-13-19,20-14-8-4-9-15-20)21-16-10-5-11-17-21;1-4-10-16(11-5-1)19(17-12-6-2-7-13-17)18-14-8-3-9-15-18;;;/h1,3-17H,2,18H2;16-18H,1-15H2;2*1H;/q+1;;;;+2/p-1. The Morgan fingerprint density at radius 2 is 0.841 bits per heavy atom. The Morgan fingerprint density at radius 3 is 1.14 bits per heavy atom. The molecule has 3 aromatic rings. The van der Waals surface area contributed by atoms with Crippen molar-refractivity contribution in [2.24, 2.45) is 0 Å². The second-order valence-electron chi connectivity index (χ2n) is 13.2. The van der Waals surface area contributed by atoms with Crippen LogP contribution in [0.2, 0.25) is 0 Å². The Balaban J connectivity index is 0.000000181. The molecule has 3 aliphatic rings. The number of hydrogen-bond donors (Lipinski definition) is 0. The summed E-state index contributed by atoms with van der Waals surface area (Å²) in [5, 5.41) is 4.22. The van der Waals surface area contributed by atoms with Gasteiger partial charge in [-0.1, -0.05) is 19.3 Å². The normalized spacial score (nSPS) is 19.2. The summed E-state index contributed by atoms with van der Waals surface area (Å²) in [7, 11) is 10.4. The Hall–Kier alpha value is -0.407.